The Morgan fingerprint density at radius 2 is 1.94 bits per heavy atom. The molecule has 2 rings (SSSR count). The highest BCUT2D eigenvalue weighted by atomic mass is 14.9. The van der Waals surface area contributed by atoms with Crippen LogP contribution in [0.5, 0.6) is 0 Å². The SMILES string of the molecule is CCC1(C(NC)C2=CCCCCC2)CCCC1. The monoisotopic (exact) mass is 235 g/mol. The van der Waals surface area contributed by atoms with Gasteiger partial charge in [0.25, 0.3) is 0 Å². The first-order valence-corrected chi connectivity index (χ1v) is 7.68. The molecule has 1 heteroatoms. The predicted octanol–water partition coefficient (Wildman–Crippen LogP) is 4.44. The summed E-state index contributed by atoms with van der Waals surface area (Å²) in [7, 11) is 2.17. The topological polar surface area (TPSA) is 12.0 Å². The molecule has 0 aromatic heterocycles. The maximum absolute atomic E-state index is 3.66. The first-order chi connectivity index (χ1) is 8.32. The molecule has 0 spiro atoms. The van der Waals surface area contributed by atoms with Gasteiger partial charge in [0, 0.05) is 6.04 Å². The molecule has 0 saturated heterocycles. The van der Waals surface area contributed by atoms with Crippen LogP contribution in [0.1, 0.15) is 71.1 Å². The van der Waals surface area contributed by atoms with Crippen LogP contribution < -0.4 is 5.32 Å². The molecule has 0 aromatic rings. The summed E-state index contributed by atoms with van der Waals surface area (Å²) in [6, 6.07) is 0.660. The van der Waals surface area contributed by atoms with E-state index in [2.05, 4.69) is 25.4 Å². The summed E-state index contributed by atoms with van der Waals surface area (Å²) >= 11 is 0. The number of allylic oxidation sites excluding steroid dienone is 1. The van der Waals surface area contributed by atoms with Crippen LogP contribution in [0.3, 0.4) is 0 Å². The highest BCUT2D eigenvalue weighted by Gasteiger charge is 2.40. The molecule has 98 valence electrons. The van der Waals surface area contributed by atoms with Crippen LogP contribution in [0.15, 0.2) is 11.6 Å². The standard InChI is InChI=1S/C16H29N/c1-3-16(12-8-9-13-16)15(17-2)14-10-6-4-5-7-11-14/h10,15,17H,3-9,11-13H2,1-2H3. The maximum Gasteiger partial charge on any atom is 0.0333 e. The van der Waals surface area contributed by atoms with E-state index in [0.717, 1.165) is 0 Å². The molecule has 1 unspecified atom stereocenters. The van der Waals surface area contributed by atoms with Gasteiger partial charge in [0.1, 0.15) is 0 Å². The lowest BCUT2D eigenvalue weighted by atomic mass is 9.72. The fourth-order valence-electron chi connectivity index (χ4n) is 4.11. The Morgan fingerprint density at radius 1 is 1.18 bits per heavy atom. The summed E-state index contributed by atoms with van der Waals surface area (Å²) in [5.74, 6) is 0. The van der Waals surface area contributed by atoms with Crippen molar-refractivity contribution in [1.29, 1.82) is 0 Å². The largest absolute Gasteiger partial charge is 0.313 e. The van der Waals surface area contributed by atoms with E-state index in [1.807, 2.05) is 0 Å². The zero-order valence-electron chi connectivity index (χ0n) is 11.7. The minimum absolute atomic E-state index is 0.574. The van der Waals surface area contributed by atoms with E-state index in [1.165, 1.54) is 64.2 Å². The summed E-state index contributed by atoms with van der Waals surface area (Å²) in [5.41, 5.74) is 2.30. The summed E-state index contributed by atoms with van der Waals surface area (Å²) < 4.78 is 0. The average molecular weight is 235 g/mol. The van der Waals surface area contributed by atoms with E-state index in [9.17, 15) is 0 Å². The van der Waals surface area contributed by atoms with Gasteiger partial charge in [0.2, 0.25) is 0 Å². The van der Waals surface area contributed by atoms with E-state index in [0.29, 0.717) is 11.5 Å². The number of nitrogens with one attached hydrogen (secondary N) is 1. The van der Waals surface area contributed by atoms with E-state index in [4.69, 9.17) is 0 Å². The molecule has 0 aromatic carbocycles. The Bertz CT molecular complexity index is 261. The molecule has 1 saturated carbocycles. The Kier molecular flexibility index (Phi) is 4.67. The molecule has 1 fully saturated rings. The minimum atomic E-state index is 0.574. The average Bonchev–Trinajstić information content (AvgIpc) is 2.68. The van der Waals surface area contributed by atoms with Crippen molar-refractivity contribution in [1.82, 2.24) is 5.32 Å². The van der Waals surface area contributed by atoms with Gasteiger partial charge in [-0.15, -0.1) is 0 Å². The molecule has 1 nitrogen and oxygen atoms in total. The van der Waals surface area contributed by atoms with Gasteiger partial charge in [-0.3, -0.25) is 0 Å². The molecule has 2 aliphatic carbocycles. The lowest BCUT2D eigenvalue weighted by Crippen LogP contribution is -2.43. The van der Waals surface area contributed by atoms with Crippen molar-refractivity contribution in [2.75, 3.05) is 7.05 Å². The third-order valence-corrected chi connectivity index (χ3v) is 5.15. The van der Waals surface area contributed by atoms with Gasteiger partial charge in [-0.25, -0.2) is 0 Å². The normalized spacial score (nSPS) is 26.4. The van der Waals surface area contributed by atoms with Crippen molar-refractivity contribution in [2.24, 2.45) is 5.41 Å². The van der Waals surface area contributed by atoms with Gasteiger partial charge in [-0.1, -0.05) is 37.8 Å². The zero-order chi connectivity index (χ0) is 12.1. The summed E-state index contributed by atoms with van der Waals surface area (Å²) in [5, 5.41) is 3.66. The summed E-state index contributed by atoms with van der Waals surface area (Å²) in [6.07, 6.45) is 16.6. The van der Waals surface area contributed by atoms with Crippen LogP contribution in [-0.4, -0.2) is 13.1 Å². The molecule has 0 amide bonds. The van der Waals surface area contributed by atoms with Gasteiger partial charge in [-0.2, -0.15) is 0 Å². The van der Waals surface area contributed by atoms with Gasteiger partial charge >= 0.3 is 0 Å². The first kappa shape index (κ1) is 13.1. The molecule has 17 heavy (non-hydrogen) atoms. The van der Waals surface area contributed by atoms with Gasteiger partial charge in [-0.05, 0) is 57.4 Å². The fraction of sp³-hybridized carbons (Fsp3) is 0.875. The second-order valence-electron chi connectivity index (χ2n) is 6.02. The van der Waals surface area contributed by atoms with Crippen molar-refractivity contribution in [3.05, 3.63) is 11.6 Å². The second-order valence-corrected chi connectivity index (χ2v) is 6.02. The van der Waals surface area contributed by atoms with Gasteiger partial charge < -0.3 is 5.32 Å². The molecule has 2 aliphatic rings. The van der Waals surface area contributed by atoms with Crippen LogP contribution in [-0.2, 0) is 0 Å². The number of likely N-dealkylation sites (N-methyl/N-ethyl adjacent to an activating group) is 1. The van der Waals surface area contributed by atoms with Crippen molar-refractivity contribution in [2.45, 2.75) is 77.2 Å². The van der Waals surface area contributed by atoms with E-state index >= 15 is 0 Å². The van der Waals surface area contributed by atoms with Crippen molar-refractivity contribution in [3.63, 3.8) is 0 Å². The second kappa shape index (κ2) is 6.04. The van der Waals surface area contributed by atoms with E-state index < -0.39 is 0 Å². The Labute approximate surface area is 107 Å². The first-order valence-electron chi connectivity index (χ1n) is 7.68. The third-order valence-electron chi connectivity index (χ3n) is 5.15. The van der Waals surface area contributed by atoms with Crippen LogP contribution in [0.2, 0.25) is 0 Å². The highest BCUT2D eigenvalue weighted by Crippen LogP contribution is 2.46. The number of hydrogen-bond acceptors (Lipinski definition) is 1. The molecule has 0 aliphatic heterocycles. The third kappa shape index (κ3) is 2.76. The number of rotatable bonds is 4. The maximum atomic E-state index is 3.66. The minimum Gasteiger partial charge on any atom is -0.313 e. The molecule has 0 heterocycles. The fourth-order valence-corrected chi connectivity index (χ4v) is 4.11. The van der Waals surface area contributed by atoms with E-state index in [1.54, 1.807) is 5.57 Å². The number of hydrogen-bond donors (Lipinski definition) is 1. The lowest BCUT2D eigenvalue weighted by molar-refractivity contribution is 0.215. The summed E-state index contributed by atoms with van der Waals surface area (Å²) in [4.78, 5) is 0. The Hall–Kier alpha value is -0.300. The summed E-state index contributed by atoms with van der Waals surface area (Å²) in [6.45, 7) is 2.40. The smallest absolute Gasteiger partial charge is 0.0333 e. The highest BCUT2D eigenvalue weighted by molar-refractivity contribution is 5.18. The molecular weight excluding hydrogens is 206 g/mol. The molecule has 0 bridgehead atoms. The van der Waals surface area contributed by atoms with Gasteiger partial charge in [0.15, 0.2) is 0 Å². The quantitative estimate of drug-likeness (QED) is 0.711. The lowest BCUT2D eigenvalue weighted by Gasteiger charge is -2.38. The molecular formula is C16H29N. The van der Waals surface area contributed by atoms with Crippen LogP contribution in [0, 0.1) is 5.41 Å². The van der Waals surface area contributed by atoms with E-state index in [-0.39, 0.29) is 0 Å². The van der Waals surface area contributed by atoms with Crippen LogP contribution >= 0.6 is 0 Å². The van der Waals surface area contributed by atoms with Gasteiger partial charge in [0.05, 0.1) is 0 Å². The van der Waals surface area contributed by atoms with Crippen molar-refractivity contribution < 1.29 is 0 Å². The Balaban J connectivity index is 2.15. The Morgan fingerprint density at radius 3 is 2.59 bits per heavy atom. The van der Waals surface area contributed by atoms with Crippen LogP contribution in [0.25, 0.3) is 0 Å². The van der Waals surface area contributed by atoms with Crippen molar-refractivity contribution in [3.8, 4) is 0 Å². The molecule has 0 radical (unpaired) electrons. The molecule has 1 N–H and O–H groups in total. The predicted molar refractivity (Wildman–Crippen MR) is 75.2 cm³/mol. The van der Waals surface area contributed by atoms with Crippen LogP contribution in [0.4, 0.5) is 0 Å². The van der Waals surface area contributed by atoms with Crippen molar-refractivity contribution >= 4 is 0 Å². The molecule has 1 atom stereocenters. The zero-order valence-corrected chi connectivity index (χ0v) is 11.7.